The van der Waals surface area contributed by atoms with Gasteiger partial charge in [0.05, 0.1) is 5.69 Å². The molecule has 0 aliphatic carbocycles. The lowest BCUT2D eigenvalue weighted by molar-refractivity contribution is -0.139. The van der Waals surface area contributed by atoms with Gasteiger partial charge in [-0.05, 0) is 44.5 Å². The van der Waals surface area contributed by atoms with Crippen molar-refractivity contribution < 1.29 is 24.3 Å². The van der Waals surface area contributed by atoms with Crippen LogP contribution < -0.4 is 16.3 Å². The molecule has 3 N–H and O–H groups in total. The lowest BCUT2D eigenvalue weighted by atomic mass is 10.0. The third-order valence-corrected chi connectivity index (χ3v) is 5.70. The zero-order valence-corrected chi connectivity index (χ0v) is 19.7. The van der Waals surface area contributed by atoms with E-state index < -0.39 is 23.4 Å². The van der Waals surface area contributed by atoms with E-state index in [0.29, 0.717) is 5.69 Å². The molecule has 2 aromatic rings. The highest BCUT2D eigenvalue weighted by molar-refractivity contribution is 5.90. The lowest BCUT2D eigenvalue weighted by Gasteiger charge is -2.42. The van der Waals surface area contributed by atoms with E-state index in [9.17, 15) is 24.0 Å². The number of carbonyl (C=O) groups is 4. The second kappa shape index (κ2) is 10.4. The van der Waals surface area contributed by atoms with Crippen molar-refractivity contribution in [3.63, 3.8) is 0 Å². The van der Waals surface area contributed by atoms with Gasteiger partial charge in [-0.2, -0.15) is 4.98 Å². The number of amides is 4. The summed E-state index contributed by atoms with van der Waals surface area (Å²) >= 11 is 0. The van der Waals surface area contributed by atoms with Gasteiger partial charge in [0.1, 0.15) is 17.6 Å². The van der Waals surface area contributed by atoms with Gasteiger partial charge in [0.25, 0.3) is 0 Å². The quantitative estimate of drug-likeness (QED) is 0.519. The highest BCUT2D eigenvalue weighted by Crippen LogP contribution is 2.16. The van der Waals surface area contributed by atoms with Crippen LogP contribution >= 0.6 is 0 Å². The number of nitrogens with zero attached hydrogens (tertiary/aromatic N) is 4. The maximum atomic E-state index is 12.8. The molecule has 0 radical (unpaired) electrons. The van der Waals surface area contributed by atoms with Crippen molar-refractivity contribution in [2.24, 2.45) is 0 Å². The fourth-order valence-electron chi connectivity index (χ4n) is 3.90. The maximum absolute atomic E-state index is 12.8. The smallest absolute Gasteiger partial charge is 0.405 e. The monoisotopic (exact) mass is 484 g/mol. The van der Waals surface area contributed by atoms with Crippen LogP contribution in [0, 0.1) is 0 Å². The first-order valence-corrected chi connectivity index (χ1v) is 11.0. The summed E-state index contributed by atoms with van der Waals surface area (Å²) in [6, 6.07) is 7.59. The molecular formula is C23H28N6O6. The molecule has 0 bridgehead atoms. The topological polar surface area (TPSA) is 154 Å². The van der Waals surface area contributed by atoms with E-state index >= 15 is 0 Å². The zero-order chi connectivity index (χ0) is 25.8. The third kappa shape index (κ3) is 6.02. The molecule has 35 heavy (non-hydrogen) atoms. The average Bonchev–Trinajstić information content (AvgIpc) is 2.78. The molecule has 12 nitrogen and oxygen atoms in total. The molecule has 1 atom stereocenters. The largest absolute Gasteiger partial charge is 0.465 e. The van der Waals surface area contributed by atoms with Gasteiger partial charge in [0.15, 0.2) is 0 Å². The second-order valence-corrected chi connectivity index (χ2v) is 8.78. The van der Waals surface area contributed by atoms with Crippen molar-refractivity contribution in [3.05, 3.63) is 52.6 Å². The van der Waals surface area contributed by atoms with Crippen molar-refractivity contribution in [1.82, 2.24) is 24.7 Å². The van der Waals surface area contributed by atoms with Gasteiger partial charge in [-0.3, -0.25) is 14.7 Å². The summed E-state index contributed by atoms with van der Waals surface area (Å²) in [6.45, 7) is 5.44. The van der Waals surface area contributed by atoms with E-state index in [-0.39, 0.29) is 43.8 Å². The normalized spacial score (nSPS) is 15.9. The van der Waals surface area contributed by atoms with E-state index in [1.165, 1.54) is 40.5 Å². The van der Waals surface area contributed by atoms with E-state index in [2.05, 4.69) is 15.6 Å². The molecule has 1 unspecified atom stereocenters. The number of rotatable bonds is 6. The van der Waals surface area contributed by atoms with Crippen LogP contribution in [-0.2, 0) is 16.0 Å². The van der Waals surface area contributed by atoms with Gasteiger partial charge in [-0.1, -0.05) is 12.1 Å². The number of hydrogen-bond donors (Lipinski definition) is 3. The Morgan fingerprint density at radius 1 is 1.17 bits per heavy atom. The number of aromatic nitrogens is 2. The summed E-state index contributed by atoms with van der Waals surface area (Å²) in [5.74, 6) is -0.289. The summed E-state index contributed by atoms with van der Waals surface area (Å²) < 4.78 is 1.32. The predicted octanol–water partition coefficient (Wildman–Crippen LogP) is 1.08. The van der Waals surface area contributed by atoms with E-state index in [4.69, 9.17) is 5.11 Å². The minimum Gasteiger partial charge on any atom is -0.465 e. The molecule has 1 fully saturated rings. The van der Waals surface area contributed by atoms with Crippen molar-refractivity contribution in [1.29, 1.82) is 0 Å². The van der Waals surface area contributed by atoms with E-state index in [1.807, 2.05) is 0 Å². The number of carboxylic acid groups (broad SMARTS) is 1. The average molecular weight is 485 g/mol. The van der Waals surface area contributed by atoms with Crippen LogP contribution in [0.15, 0.2) is 41.3 Å². The fraction of sp³-hybridized carbons (Fsp3) is 0.391. The van der Waals surface area contributed by atoms with Gasteiger partial charge >= 0.3 is 17.8 Å². The number of hydrogen-bond acceptors (Lipinski definition) is 6. The first-order chi connectivity index (χ1) is 16.5. The summed E-state index contributed by atoms with van der Waals surface area (Å²) in [4.78, 5) is 66.6. The molecule has 186 valence electrons. The fourth-order valence-corrected chi connectivity index (χ4v) is 3.90. The van der Waals surface area contributed by atoms with Crippen LogP contribution in [-0.4, -0.2) is 80.0 Å². The molecule has 0 saturated carbocycles. The Kier molecular flexibility index (Phi) is 7.52. The van der Waals surface area contributed by atoms with E-state index in [0.717, 1.165) is 11.8 Å². The molecule has 1 aromatic heterocycles. The molecule has 12 heteroatoms. The second-order valence-electron chi connectivity index (χ2n) is 8.78. The van der Waals surface area contributed by atoms with Crippen LogP contribution in [0.25, 0.3) is 5.69 Å². The number of benzene rings is 1. The van der Waals surface area contributed by atoms with Gasteiger partial charge in [-0.25, -0.2) is 14.4 Å². The predicted molar refractivity (Wildman–Crippen MR) is 127 cm³/mol. The molecule has 0 spiro atoms. The SMILES string of the molecule is CC1CN(C(=O)C(C)(C)NC(=O)O)CCN1C(=O)Nc1ccn(-c2ccc(CC=O)cc2)c(=O)n1. The Balaban J connectivity index is 1.63. The van der Waals surface area contributed by atoms with Gasteiger partial charge < -0.3 is 25.0 Å². The Hall–Kier alpha value is -4.22. The number of aldehydes is 1. The Bertz CT molecular complexity index is 1180. The first-order valence-electron chi connectivity index (χ1n) is 11.0. The number of piperazine rings is 1. The summed E-state index contributed by atoms with van der Waals surface area (Å²) in [5, 5.41) is 13.8. The van der Waals surface area contributed by atoms with Crippen molar-refractivity contribution in [3.8, 4) is 5.69 Å². The molecule has 2 heterocycles. The van der Waals surface area contributed by atoms with Crippen molar-refractivity contribution in [2.45, 2.75) is 38.8 Å². The molecule has 3 rings (SSSR count). The molecule has 4 amide bonds. The molecule has 1 aliphatic heterocycles. The third-order valence-electron chi connectivity index (χ3n) is 5.70. The minimum absolute atomic E-state index is 0.0892. The highest BCUT2D eigenvalue weighted by atomic mass is 16.4. The Labute approximate surface area is 201 Å². The highest BCUT2D eigenvalue weighted by Gasteiger charge is 2.37. The first kappa shape index (κ1) is 25.4. The minimum atomic E-state index is -1.29. The van der Waals surface area contributed by atoms with Crippen LogP contribution in [0.3, 0.4) is 0 Å². The zero-order valence-electron chi connectivity index (χ0n) is 19.7. The van der Waals surface area contributed by atoms with Crippen LogP contribution in [0.4, 0.5) is 15.4 Å². The summed E-state index contributed by atoms with van der Waals surface area (Å²) in [5.41, 5.74) is -0.475. The van der Waals surface area contributed by atoms with Crippen molar-refractivity contribution >= 4 is 30.1 Å². The van der Waals surface area contributed by atoms with Crippen LogP contribution in [0.2, 0.25) is 0 Å². The molecular weight excluding hydrogens is 456 g/mol. The van der Waals surface area contributed by atoms with Gasteiger partial charge in [0.2, 0.25) is 5.91 Å². The maximum Gasteiger partial charge on any atom is 0.405 e. The van der Waals surface area contributed by atoms with Crippen LogP contribution in [0.5, 0.6) is 0 Å². The Morgan fingerprint density at radius 3 is 2.43 bits per heavy atom. The van der Waals surface area contributed by atoms with Crippen LogP contribution in [0.1, 0.15) is 26.3 Å². The Morgan fingerprint density at radius 2 is 1.86 bits per heavy atom. The molecule has 1 aliphatic rings. The number of urea groups is 1. The number of nitrogens with one attached hydrogen (secondary N) is 2. The molecule has 1 saturated heterocycles. The number of anilines is 1. The summed E-state index contributed by atoms with van der Waals surface area (Å²) in [6.07, 6.45) is 1.29. The van der Waals surface area contributed by atoms with Gasteiger partial charge in [0, 0.05) is 38.3 Å². The molecule has 1 aromatic carbocycles. The van der Waals surface area contributed by atoms with E-state index in [1.54, 1.807) is 31.2 Å². The summed E-state index contributed by atoms with van der Waals surface area (Å²) in [7, 11) is 0. The number of carbonyl (C=O) groups excluding carboxylic acids is 3. The lowest BCUT2D eigenvalue weighted by Crippen LogP contribution is -2.62. The van der Waals surface area contributed by atoms with Gasteiger partial charge in [-0.15, -0.1) is 0 Å². The van der Waals surface area contributed by atoms with Crippen molar-refractivity contribution in [2.75, 3.05) is 25.0 Å². The standard InChI is InChI=1S/C23H28N6O6/c1-15-14-27(19(31)23(2,3)26-22(34)35)11-12-28(15)20(32)24-18-8-10-29(21(33)25-18)17-6-4-16(5-7-17)9-13-30/h4-8,10,13,15,26H,9,11-12,14H2,1-3H3,(H,34,35)(H,24,25,32,33).